The Morgan fingerprint density at radius 2 is 1.90 bits per heavy atom. The molecule has 2 rings (SSSR count). The highest BCUT2D eigenvalue weighted by atomic mass is 16.6. The van der Waals surface area contributed by atoms with Gasteiger partial charge in [-0.25, -0.2) is 4.79 Å². The van der Waals surface area contributed by atoms with Crippen LogP contribution in [0.5, 0.6) is 0 Å². The molecule has 1 fully saturated rings. The Morgan fingerprint density at radius 3 is 2.31 bits per heavy atom. The Balaban J connectivity index is 2.87. The summed E-state index contributed by atoms with van der Waals surface area (Å²) >= 11 is 0. The van der Waals surface area contributed by atoms with Crippen molar-refractivity contribution in [2.24, 2.45) is 0 Å². The van der Waals surface area contributed by atoms with Gasteiger partial charge in [-0.3, -0.25) is 19.0 Å². The van der Waals surface area contributed by atoms with Crippen molar-refractivity contribution in [3.05, 3.63) is 35.4 Å². The Bertz CT molecular complexity index is 928. The molecule has 0 saturated carbocycles. The lowest BCUT2D eigenvalue weighted by molar-refractivity contribution is -0.208. The van der Waals surface area contributed by atoms with Crippen molar-refractivity contribution in [3.8, 4) is 0 Å². The maximum atomic E-state index is 12.7. The molecular weight excluding hydrogens is 386 g/mol. The van der Waals surface area contributed by atoms with Crippen molar-refractivity contribution < 1.29 is 34.4 Å². The quantitative estimate of drug-likeness (QED) is 0.356. The molecule has 4 N–H and O–H groups in total. The first-order valence-corrected chi connectivity index (χ1v) is 8.66. The molecular formula is C18H23N3O8. The van der Waals surface area contributed by atoms with Gasteiger partial charge in [0.25, 0.3) is 0 Å². The second kappa shape index (κ2) is 7.59. The van der Waals surface area contributed by atoms with Crippen LogP contribution in [0, 0.1) is 0 Å². The van der Waals surface area contributed by atoms with Gasteiger partial charge in [0, 0.05) is 12.7 Å². The third-order valence-corrected chi connectivity index (χ3v) is 5.08. The van der Waals surface area contributed by atoms with Crippen LogP contribution in [0.3, 0.4) is 0 Å². The van der Waals surface area contributed by atoms with Gasteiger partial charge in [0.05, 0.1) is 6.61 Å². The lowest BCUT2D eigenvalue weighted by Gasteiger charge is -2.42. The van der Waals surface area contributed by atoms with E-state index in [9.17, 15) is 34.5 Å². The summed E-state index contributed by atoms with van der Waals surface area (Å²) in [5, 5.41) is 34.7. The Kier molecular flexibility index (Phi) is 5.91. The number of hydrogen-bond donors (Lipinski definition) is 4. The van der Waals surface area contributed by atoms with E-state index < -0.39 is 52.7 Å². The van der Waals surface area contributed by atoms with Gasteiger partial charge in [-0.1, -0.05) is 6.08 Å². The van der Waals surface area contributed by atoms with E-state index in [4.69, 9.17) is 4.74 Å². The number of aliphatic hydroxyl groups excluding tert-OH is 1. The summed E-state index contributed by atoms with van der Waals surface area (Å²) in [6.45, 7) is 5.35. The fourth-order valence-corrected chi connectivity index (χ4v) is 3.68. The van der Waals surface area contributed by atoms with Crippen molar-refractivity contribution in [2.45, 2.75) is 43.8 Å². The zero-order valence-corrected chi connectivity index (χ0v) is 16.2. The summed E-state index contributed by atoms with van der Waals surface area (Å²) in [6, 6.07) is 1.26. The van der Waals surface area contributed by atoms with E-state index in [-0.39, 0.29) is 12.4 Å². The van der Waals surface area contributed by atoms with Gasteiger partial charge in [-0.2, -0.15) is 4.98 Å². The van der Waals surface area contributed by atoms with E-state index in [0.29, 0.717) is 4.57 Å². The molecule has 11 nitrogen and oxygen atoms in total. The fraction of sp³-hybridized carbons (Fsp3) is 0.500. The lowest BCUT2D eigenvalue weighted by Crippen LogP contribution is -2.73. The highest BCUT2D eigenvalue weighted by molar-refractivity contribution is 6.04. The topological polar surface area (TPSA) is 168 Å². The number of ketones is 3. The number of rotatable bonds is 8. The van der Waals surface area contributed by atoms with E-state index in [1.54, 1.807) is 0 Å². The molecule has 4 atom stereocenters. The summed E-state index contributed by atoms with van der Waals surface area (Å²) in [5.74, 6) is -3.32. The van der Waals surface area contributed by atoms with Crippen molar-refractivity contribution in [3.63, 3.8) is 0 Å². The van der Waals surface area contributed by atoms with Crippen LogP contribution in [0.1, 0.15) is 20.8 Å². The minimum Gasteiger partial charge on any atom is -0.394 e. The number of aliphatic hydroxyl groups is 3. The predicted octanol–water partition coefficient (Wildman–Crippen LogP) is -1.89. The monoisotopic (exact) mass is 409 g/mol. The van der Waals surface area contributed by atoms with Gasteiger partial charge in [-0.15, -0.1) is 6.58 Å². The average molecular weight is 409 g/mol. The fourth-order valence-electron chi connectivity index (χ4n) is 3.68. The zero-order valence-electron chi connectivity index (χ0n) is 16.2. The summed E-state index contributed by atoms with van der Waals surface area (Å²) in [5.41, 5.74) is -10.2. The SMILES string of the molecule is C=CCNc1ccn([C@]2(C(C)=O)O[C@H](CO)[C@](O)(C(C)=O)[C@]2(O)C(C)=O)c(=O)n1. The van der Waals surface area contributed by atoms with Gasteiger partial charge < -0.3 is 25.4 Å². The number of nitrogens with zero attached hydrogens (tertiary/aromatic N) is 2. The molecule has 0 bridgehead atoms. The maximum absolute atomic E-state index is 12.7. The highest BCUT2D eigenvalue weighted by Gasteiger charge is 2.80. The Hall–Kier alpha value is -2.73. The Morgan fingerprint density at radius 1 is 1.28 bits per heavy atom. The minimum atomic E-state index is -3.22. The van der Waals surface area contributed by atoms with Crippen LogP contribution in [-0.2, 0) is 24.8 Å². The van der Waals surface area contributed by atoms with Gasteiger partial charge in [0.2, 0.25) is 11.3 Å². The summed E-state index contributed by atoms with van der Waals surface area (Å²) in [6.07, 6.45) is 0.664. The predicted molar refractivity (Wildman–Crippen MR) is 99.1 cm³/mol. The van der Waals surface area contributed by atoms with E-state index in [2.05, 4.69) is 16.9 Å². The third-order valence-electron chi connectivity index (χ3n) is 5.08. The number of ether oxygens (including phenoxy) is 1. The van der Waals surface area contributed by atoms with Gasteiger partial charge in [0.1, 0.15) is 11.9 Å². The van der Waals surface area contributed by atoms with Crippen LogP contribution in [0.2, 0.25) is 0 Å². The van der Waals surface area contributed by atoms with E-state index in [1.165, 1.54) is 12.1 Å². The normalized spacial score (nSPS) is 31.3. The largest absolute Gasteiger partial charge is 0.394 e. The van der Waals surface area contributed by atoms with Crippen LogP contribution < -0.4 is 11.0 Å². The first-order chi connectivity index (χ1) is 13.4. The molecule has 1 aliphatic rings. The molecule has 1 aromatic heterocycles. The second-order valence-electron chi connectivity index (χ2n) is 6.71. The molecule has 1 aliphatic heterocycles. The van der Waals surface area contributed by atoms with Crippen LogP contribution in [-0.4, -0.2) is 72.7 Å². The minimum absolute atomic E-state index is 0.106. The zero-order chi connectivity index (χ0) is 22.2. The Labute approximate surface area is 165 Å². The molecule has 158 valence electrons. The van der Waals surface area contributed by atoms with E-state index >= 15 is 0 Å². The van der Waals surface area contributed by atoms with Gasteiger partial charge >= 0.3 is 5.69 Å². The number of carbonyl (C=O) groups is 3. The van der Waals surface area contributed by atoms with E-state index in [1.807, 2.05) is 0 Å². The third kappa shape index (κ3) is 2.85. The van der Waals surface area contributed by atoms with Gasteiger partial charge in [-0.05, 0) is 26.8 Å². The summed E-state index contributed by atoms with van der Waals surface area (Å²) < 4.78 is 5.97. The molecule has 1 aromatic rings. The first-order valence-electron chi connectivity index (χ1n) is 8.66. The molecule has 1 saturated heterocycles. The number of hydrogen-bond acceptors (Lipinski definition) is 10. The van der Waals surface area contributed by atoms with Gasteiger partial charge in [0.15, 0.2) is 23.0 Å². The molecule has 0 spiro atoms. The number of anilines is 1. The molecule has 0 amide bonds. The molecule has 0 radical (unpaired) electrons. The lowest BCUT2D eigenvalue weighted by atomic mass is 9.69. The first kappa shape index (κ1) is 22.6. The van der Waals surface area contributed by atoms with Crippen molar-refractivity contribution in [1.29, 1.82) is 0 Å². The summed E-state index contributed by atoms with van der Waals surface area (Å²) in [7, 11) is 0. The van der Waals surface area contributed by atoms with Crippen LogP contribution >= 0.6 is 0 Å². The molecule has 0 unspecified atom stereocenters. The smallest absolute Gasteiger partial charge is 0.352 e. The van der Waals surface area contributed by atoms with E-state index in [0.717, 1.165) is 27.0 Å². The molecule has 11 heteroatoms. The van der Waals surface area contributed by atoms with Crippen LogP contribution in [0.25, 0.3) is 0 Å². The number of carbonyl (C=O) groups excluding carboxylic acids is 3. The average Bonchev–Trinajstić information content (AvgIpc) is 2.87. The standard InChI is InChI=1S/C18H23N3O8/c1-5-7-19-14-6-8-21(15(26)20-14)18(12(4)25)17(28,11(3)24)16(27,10(2)23)13(9-22)29-18/h5-6,8,13,22,27-28H,1,7,9H2,2-4H3,(H,19,20,26)/t13-,16-,17-,18-/m1/s1. The molecule has 2 heterocycles. The molecule has 29 heavy (non-hydrogen) atoms. The second-order valence-corrected chi connectivity index (χ2v) is 6.71. The van der Waals surface area contributed by atoms with Crippen LogP contribution in [0.15, 0.2) is 29.7 Å². The summed E-state index contributed by atoms with van der Waals surface area (Å²) in [4.78, 5) is 53.9. The number of aromatic nitrogens is 2. The van der Waals surface area contributed by atoms with Crippen molar-refractivity contribution in [2.75, 3.05) is 18.5 Å². The number of Topliss-reactive ketones (excluding diaryl/α,β-unsaturated/α-hetero) is 3. The molecule has 0 aliphatic carbocycles. The van der Waals surface area contributed by atoms with Crippen molar-refractivity contribution in [1.82, 2.24) is 9.55 Å². The highest BCUT2D eigenvalue weighted by Crippen LogP contribution is 2.51. The maximum Gasteiger partial charge on any atom is 0.352 e. The van der Waals surface area contributed by atoms with Crippen LogP contribution in [0.4, 0.5) is 5.82 Å². The van der Waals surface area contributed by atoms with Crippen molar-refractivity contribution >= 4 is 23.2 Å². The molecule has 0 aromatic carbocycles. The number of nitrogens with one attached hydrogen (secondary N) is 1.